The van der Waals surface area contributed by atoms with Gasteiger partial charge in [-0.15, -0.1) is 0 Å². The highest BCUT2D eigenvalue weighted by Crippen LogP contribution is 2.28. The Bertz CT molecular complexity index is 592. The van der Waals surface area contributed by atoms with Gasteiger partial charge in [-0.25, -0.2) is 4.79 Å². The lowest BCUT2D eigenvalue weighted by Crippen LogP contribution is -2.15. The zero-order chi connectivity index (χ0) is 14.4. The monoisotopic (exact) mass is 274 g/mol. The zero-order valence-corrected chi connectivity index (χ0v) is 11.5. The summed E-state index contributed by atoms with van der Waals surface area (Å²) in [4.78, 5) is 11.4. The van der Waals surface area contributed by atoms with Crippen molar-refractivity contribution >= 4 is 16.7 Å². The predicted octanol–water partition coefficient (Wildman–Crippen LogP) is 2.32. The Labute approximate surface area is 117 Å². The highest BCUT2D eigenvalue weighted by atomic mass is 16.6. The lowest BCUT2D eigenvalue weighted by atomic mass is 10.0. The van der Waals surface area contributed by atoms with E-state index in [0.29, 0.717) is 18.8 Å². The number of aliphatic hydroxyl groups is 1. The lowest BCUT2D eigenvalue weighted by molar-refractivity contribution is -0.145. The number of hydrogen-bond donors (Lipinski definition) is 1. The molecule has 4 nitrogen and oxygen atoms in total. The molecule has 0 aliphatic carbocycles. The molecule has 0 saturated heterocycles. The van der Waals surface area contributed by atoms with Crippen molar-refractivity contribution in [3.05, 3.63) is 42.0 Å². The fraction of sp³-hybridized carbons (Fsp3) is 0.312. The molecular formula is C16H18O4. The van der Waals surface area contributed by atoms with E-state index in [1.165, 1.54) is 0 Å². The second kappa shape index (κ2) is 6.91. The van der Waals surface area contributed by atoms with Crippen molar-refractivity contribution in [2.24, 2.45) is 0 Å². The van der Waals surface area contributed by atoms with Gasteiger partial charge >= 0.3 is 5.97 Å². The molecule has 0 spiro atoms. The minimum Gasteiger partial charge on any atom is -0.482 e. The van der Waals surface area contributed by atoms with E-state index in [9.17, 15) is 9.90 Å². The van der Waals surface area contributed by atoms with E-state index in [0.717, 1.165) is 16.3 Å². The maximum Gasteiger partial charge on any atom is 0.344 e. The molecule has 0 atom stereocenters. The average Bonchev–Trinajstić information content (AvgIpc) is 2.47. The van der Waals surface area contributed by atoms with E-state index in [1.807, 2.05) is 36.4 Å². The third-order valence-electron chi connectivity index (χ3n) is 3.01. The maximum atomic E-state index is 11.4. The van der Waals surface area contributed by atoms with Gasteiger partial charge in [-0.3, -0.25) is 0 Å². The fourth-order valence-electron chi connectivity index (χ4n) is 2.16. The Hall–Kier alpha value is -2.07. The minimum atomic E-state index is -0.393. The van der Waals surface area contributed by atoms with E-state index in [4.69, 9.17) is 9.47 Å². The molecule has 2 rings (SSSR count). The van der Waals surface area contributed by atoms with Crippen molar-refractivity contribution in [2.45, 2.75) is 13.3 Å². The van der Waals surface area contributed by atoms with Crippen LogP contribution in [-0.2, 0) is 16.0 Å². The van der Waals surface area contributed by atoms with Gasteiger partial charge in [0.2, 0.25) is 0 Å². The van der Waals surface area contributed by atoms with Crippen LogP contribution in [-0.4, -0.2) is 30.9 Å². The highest BCUT2D eigenvalue weighted by molar-refractivity contribution is 5.88. The summed E-state index contributed by atoms with van der Waals surface area (Å²) < 4.78 is 10.4. The summed E-state index contributed by atoms with van der Waals surface area (Å²) in [5.74, 6) is 0.224. The number of aliphatic hydroxyl groups excluding tert-OH is 1. The third-order valence-corrected chi connectivity index (χ3v) is 3.01. The van der Waals surface area contributed by atoms with Crippen LogP contribution in [0.4, 0.5) is 0 Å². The fourth-order valence-corrected chi connectivity index (χ4v) is 2.16. The zero-order valence-electron chi connectivity index (χ0n) is 11.5. The molecule has 0 aliphatic heterocycles. The number of hydrogen-bond acceptors (Lipinski definition) is 4. The Morgan fingerprint density at radius 2 is 2.00 bits per heavy atom. The van der Waals surface area contributed by atoms with Crippen molar-refractivity contribution in [3.8, 4) is 5.75 Å². The molecule has 1 N–H and O–H groups in total. The molecule has 0 amide bonds. The summed E-state index contributed by atoms with van der Waals surface area (Å²) in [6.07, 6.45) is 0.486. The highest BCUT2D eigenvalue weighted by Gasteiger charge is 2.10. The Morgan fingerprint density at radius 3 is 2.75 bits per heavy atom. The van der Waals surface area contributed by atoms with Gasteiger partial charge in [0.05, 0.1) is 6.61 Å². The van der Waals surface area contributed by atoms with Gasteiger partial charge in [-0.2, -0.15) is 0 Å². The van der Waals surface area contributed by atoms with Crippen molar-refractivity contribution in [1.82, 2.24) is 0 Å². The number of benzene rings is 2. The molecule has 2 aromatic rings. The van der Waals surface area contributed by atoms with Gasteiger partial charge < -0.3 is 14.6 Å². The standard InChI is InChI=1S/C16H18O4/c1-2-19-16(18)11-20-15-8-7-12-5-3-4-6-13(12)14(15)9-10-17/h3-8,17H,2,9-11H2,1H3. The maximum absolute atomic E-state index is 11.4. The van der Waals surface area contributed by atoms with E-state index in [-0.39, 0.29) is 13.2 Å². The second-order valence-corrected chi connectivity index (χ2v) is 4.33. The first-order valence-corrected chi connectivity index (χ1v) is 6.66. The van der Waals surface area contributed by atoms with E-state index in [2.05, 4.69) is 0 Å². The molecule has 0 aliphatic rings. The van der Waals surface area contributed by atoms with Crippen LogP contribution >= 0.6 is 0 Å². The molecule has 2 aromatic carbocycles. The summed E-state index contributed by atoms with van der Waals surface area (Å²) in [5.41, 5.74) is 0.912. The molecule has 0 bridgehead atoms. The van der Waals surface area contributed by atoms with Crippen LogP contribution in [0, 0.1) is 0 Å². The molecule has 106 valence electrons. The first kappa shape index (κ1) is 14.3. The second-order valence-electron chi connectivity index (χ2n) is 4.33. The molecule has 0 heterocycles. The molecule has 0 radical (unpaired) electrons. The van der Waals surface area contributed by atoms with Crippen LogP contribution in [0.15, 0.2) is 36.4 Å². The van der Waals surface area contributed by atoms with Crippen LogP contribution < -0.4 is 4.74 Å². The number of carbonyl (C=O) groups excluding carboxylic acids is 1. The number of esters is 1. The Morgan fingerprint density at radius 1 is 1.20 bits per heavy atom. The largest absolute Gasteiger partial charge is 0.482 e. The predicted molar refractivity (Wildman–Crippen MR) is 76.9 cm³/mol. The molecule has 4 heteroatoms. The van der Waals surface area contributed by atoms with Gasteiger partial charge in [0, 0.05) is 12.2 Å². The van der Waals surface area contributed by atoms with Gasteiger partial charge in [-0.1, -0.05) is 30.3 Å². The summed E-state index contributed by atoms with van der Waals surface area (Å²) >= 11 is 0. The van der Waals surface area contributed by atoms with Crippen LogP contribution in [0.5, 0.6) is 5.75 Å². The van der Waals surface area contributed by atoms with E-state index in [1.54, 1.807) is 6.92 Å². The van der Waals surface area contributed by atoms with Gasteiger partial charge in [0.15, 0.2) is 6.61 Å². The van der Waals surface area contributed by atoms with Crippen molar-refractivity contribution in [2.75, 3.05) is 19.8 Å². The molecule has 0 fully saturated rings. The lowest BCUT2D eigenvalue weighted by Gasteiger charge is -2.13. The first-order chi connectivity index (χ1) is 9.76. The first-order valence-electron chi connectivity index (χ1n) is 6.66. The summed E-state index contributed by atoms with van der Waals surface area (Å²) in [6.45, 7) is 2.00. The molecule has 20 heavy (non-hydrogen) atoms. The van der Waals surface area contributed by atoms with Crippen LogP contribution in [0.2, 0.25) is 0 Å². The van der Waals surface area contributed by atoms with Crippen molar-refractivity contribution < 1.29 is 19.4 Å². The van der Waals surface area contributed by atoms with Crippen molar-refractivity contribution in [3.63, 3.8) is 0 Å². The third kappa shape index (κ3) is 3.27. The number of rotatable bonds is 6. The smallest absolute Gasteiger partial charge is 0.344 e. The number of carbonyl (C=O) groups is 1. The minimum absolute atomic E-state index is 0.0315. The Balaban J connectivity index is 2.27. The topological polar surface area (TPSA) is 55.8 Å². The molecule has 0 unspecified atom stereocenters. The quantitative estimate of drug-likeness (QED) is 0.821. The molecular weight excluding hydrogens is 256 g/mol. The van der Waals surface area contributed by atoms with Gasteiger partial charge in [-0.05, 0) is 30.2 Å². The van der Waals surface area contributed by atoms with Crippen molar-refractivity contribution in [1.29, 1.82) is 0 Å². The normalized spacial score (nSPS) is 10.5. The van der Waals surface area contributed by atoms with Crippen LogP contribution in [0.1, 0.15) is 12.5 Å². The van der Waals surface area contributed by atoms with Crippen LogP contribution in [0.3, 0.4) is 0 Å². The van der Waals surface area contributed by atoms with Gasteiger partial charge in [0.25, 0.3) is 0 Å². The van der Waals surface area contributed by atoms with E-state index >= 15 is 0 Å². The van der Waals surface area contributed by atoms with Crippen LogP contribution in [0.25, 0.3) is 10.8 Å². The molecule has 0 aromatic heterocycles. The molecule has 0 saturated carbocycles. The number of ether oxygens (including phenoxy) is 2. The van der Waals surface area contributed by atoms with Gasteiger partial charge in [0.1, 0.15) is 5.75 Å². The summed E-state index contributed by atoms with van der Waals surface area (Å²) in [6, 6.07) is 11.7. The summed E-state index contributed by atoms with van der Waals surface area (Å²) in [7, 11) is 0. The summed E-state index contributed by atoms with van der Waals surface area (Å²) in [5, 5.41) is 11.3. The van der Waals surface area contributed by atoms with E-state index < -0.39 is 5.97 Å². The SMILES string of the molecule is CCOC(=O)COc1ccc2ccccc2c1CCO. The number of fused-ring (bicyclic) bond motifs is 1. The average molecular weight is 274 g/mol. The Kier molecular flexibility index (Phi) is 4.96.